The molecule has 0 radical (unpaired) electrons. The number of hydrogen-bond acceptors (Lipinski definition) is 6. The highest BCUT2D eigenvalue weighted by Gasteiger charge is 2.17. The lowest BCUT2D eigenvalue weighted by molar-refractivity contribution is 0.518. The van der Waals surface area contributed by atoms with Crippen molar-refractivity contribution in [1.29, 1.82) is 5.26 Å². The van der Waals surface area contributed by atoms with E-state index in [9.17, 15) is 0 Å². The number of fused-ring (bicyclic) bond motifs is 1. The fraction of sp³-hybridized carbons (Fsp3) is 0.250. The molecule has 0 aliphatic heterocycles. The van der Waals surface area contributed by atoms with Crippen LogP contribution in [0.25, 0.3) is 10.2 Å². The minimum atomic E-state index is -0.200. The van der Waals surface area contributed by atoms with Crippen molar-refractivity contribution in [3.63, 3.8) is 0 Å². The number of halogens is 2. The Morgan fingerprint density at radius 1 is 1.54 bits per heavy atom. The number of anilines is 1. The second-order valence-electron chi connectivity index (χ2n) is 5.27. The summed E-state index contributed by atoms with van der Waals surface area (Å²) < 4.78 is 7.23. The number of pyridine rings is 1. The van der Waals surface area contributed by atoms with Gasteiger partial charge in [-0.25, -0.2) is 4.98 Å². The molecule has 0 bridgehead atoms. The van der Waals surface area contributed by atoms with Gasteiger partial charge < -0.3 is 15.5 Å². The molecule has 0 aliphatic rings. The first kappa shape index (κ1) is 17.2. The van der Waals surface area contributed by atoms with E-state index in [1.807, 2.05) is 12.1 Å². The molecule has 3 aromatic heterocycles. The lowest BCUT2D eigenvalue weighted by atomic mass is 10.1. The van der Waals surface area contributed by atoms with Gasteiger partial charge in [0.1, 0.15) is 10.9 Å². The van der Waals surface area contributed by atoms with Gasteiger partial charge in [-0.1, -0.05) is 11.6 Å². The van der Waals surface area contributed by atoms with Crippen molar-refractivity contribution >= 4 is 54.8 Å². The summed E-state index contributed by atoms with van der Waals surface area (Å²) in [6, 6.07) is 7.46. The van der Waals surface area contributed by atoms with Gasteiger partial charge in [-0.2, -0.15) is 5.26 Å². The summed E-state index contributed by atoms with van der Waals surface area (Å²) in [6.45, 7) is 0.557. The molecule has 5 nitrogen and oxygen atoms in total. The van der Waals surface area contributed by atoms with E-state index >= 15 is 0 Å². The highest BCUT2D eigenvalue weighted by Crippen LogP contribution is 2.40. The maximum Gasteiger partial charge on any atom is 0.131 e. The second-order valence-corrected chi connectivity index (χ2v) is 7.55. The smallest absolute Gasteiger partial charge is 0.131 e. The van der Waals surface area contributed by atoms with Crippen LogP contribution in [0.15, 0.2) is 33.4 Å². The van der Waals surface area contributed by atoms with Crippen molar-refractivity contribution in [2.45, 2.75) is 25.4 Å². The molecule has 24 heavy (non-hydrogen) atoms. The summed E-state index contributed by atoms with van der Waals surface area (Å²) in [7, 11) is 0. The maximum absolute atomic E-state index is 8.78. The van der Waals surface area contributed by atoms with Crippen LogP contribution >= 0.6 is 38.9 Å². The van der Waals surface area contributed by atoms with Crippen molar-refractivity contribution in [3.05, 3.63) is 44.7 Å². The zero-order valence-corrected chi connectivity index (χ0v) is 15.7. The van der Waals surface area contributed by atoms with Crippen LogP contribution in [0.2, 0.25) is 5.15 Å². The molecule has 3 aromatic rings. The molecule has 3 N–H and O–H groups in total. The van der Waals surface area contributed by atoms with Gasteiger partial charge in [-0.15, -0.1) is 11.3 Å². The van der Waals surface area contributed by atoms with Crippen LogP contribution in [0.5, 0.6) is 0 Å². The number of aromatic nitrogens is 1. The van der Waals surface area contributed by atoms with E-state index in [-0.39, 0.29) is 6.04 Å². The number of thiophene rings is 1. The van der Waals surface area contributed by atoms with Gasteiger partial charge in [0.25, 0.3) is 0 Å². The van der Waals surface area contributed by atoms with Gasteiger partial charge in [0.05, 0.1) is 45.7 Å². The molecule has 0 aromatic carbocycles. The maximum atomic E-state index is 8.78. The quantitative estimate of drug-likeness (QED) is 0.559. The van der Waals surface area contributed by atoms with Gasteiger partial charge in [0, 0.05) is 17.0 Å². The zero-order chi connectivity index (χ0) is 17.1. The average molecular weight is 426 g/mol. The predicted molar refractivity (Wildman–Crippen MR) is 100 cm³/mol. The monoisotopic (exact) mass is 424 g/mol. The first-order valence-electron chi connectivity index (χ1n) is 7.24. The number of nitrogens with zero attached hydrogens (tertiary/aromatic N) is 2. The predicted octanol–water partition coefficient (Wildman–Crippen LogP) is 4.70. The van der Waals surface area contributed by atoms with Gasteiger partial charge in [-0.3, -0.25) is 0 Å². The van der Waals surface area contributed by atoms with Gasteiger partial charge in [0.2, 0.25) is 0 Å². The van der Waals surface area contributed by atoms with Crippen molar-refractivity contribution in [2.75, 3.05) is 5.32 Å². The molecule has 0 aliphatic carbocycles. The van der Waals surface area contributed by atoms with Crippen LogP contribution in [0, 0.1) is 11.3 Å². The topological polar surface area (TPSA) is 87.9 Å². The first-order chi connectivity index (χ1) is 11.6. The van der Waals surface area contributed by atoms with E-state index in [1.165, 1.54) is 0 Å². The van der Waals surface area contributed by atoms with Crippen molar-refractivity contribution in [1.82, 2.24) is 4.98 Å². The fourth-order valence-electron chi connectivity index (χ4n) is 2.34. The Hall–Kier alpha value is -1.59. The summed E-state index contributed by atoms with van der Waals surface area (Å²) in [6.07, 6.45) is 2.57. The molecule has 1 atom stereocenters. The molecule has 0 spiro atoms. The van der Waals surface area contributed by atoms with Crippen LogP contribution in [0.3, 0.4) is 0 Å². The van der Waals surface area contributed by atoms with Gasteiger partial charge in [0.15, 0.2) is 0 Å². The van der Waals surface area contributed by atoms with Gasteiger partial charge >= 0.3 is 0 Å². The van der Waals surface area contributed by atoms with E-state index in [1.54, 1.807) is 23.7 Å². The summed E-state index contributed by atoms with van der Waals surface area (Å²) in [5.41, 5.74) is 7.68. The van der Waals surface area contributed by atoms with Crippen molar-refractivity contribution in [3.8, 4) is 6.07 Å². The molecule has 8 heteroatoms. The third-order valence-corrected chi connectivity index (χ3v) is 6.00. The highest BCUT2D eigenvalue weighted by molar-refractivity contribution is 9.10. The number of nitrogens with two attached hydrogens (primary N) is 1. The Kier molecular flexibility index (Phi) is 5.41. The molecule has 1 unspecified atom stereocenters. The summed E-state index contributed by atoms with van der Waals surface area (Å²) in [4.78, 5) is 5.47. The molecule has 124 valence electrons. The van der Waals surface area contributed by atoms with E-state index < -0.39 is 0 Å². The molecule has 0 amide bonds. The Morgan fingerprint density at radius 2 is 2.38 bits per heavy atom. The number of nitriles is 1. The van der Waals surface area contributed by atoms with Crippen LogP contribution in [-0.4, -0.2) is 11.0 Å². The third kappa shape index (κ3) is 3.73. The van der Waals surface area contributed by atoms with Crippen LogP contribution < -0.4 is 11.1 Å². The SMILES string of the molecule is N#CCC(N)Cc1sc2c(NCc3ccco3)cc(Cl)nc2c1Br. The Bertz CT molecular complexity index is 888. The fourth-order valence-corrected chi connectivity index (χ4v) is 4.57. The Balaban J connectivity index is 1.92. The third-order valence-electron chi connectivity index (χ3n) is 3.45. The van der Waals surface area contributed by atoms with Crippen LogP contribution in [-0.2, 0) is 13.0 Å². The van der Waals surface area contributed by atoms with E-state index in [0.717, 1.165) is 31.0 Å². The molecule has 3 heterocycles. The summed E-state index contributed by atoms with van der Waals surface area (Å²) in [5.74, 6) is 0.836. The largest absolute Gasteiger partial charge is 0.467 e. The molecular formula is C16H14BrClN4OS. The Labute approximate surface area is 156 Å². The summed E-state index contributed by atoms with van der Waals surface area (Å²) in [5, 5.41) is 12.5. The van der Waals surface area contributed by atoms with E-state index in [4.69, 9.17) is 27.0 Å². The lowest BCUT2D eigenvalue weighted by Crippen LogP contribution is -2.21. The van der Waals surface area contributed by atoms with Crippen LogP contribution in [0.4, 0.5) is 5.69 Å². The Morgan fingerprint density at radius 3 is 3.08 bits per heavy atom. The van der Waals surface area contributed by atoms with Crippen molar-refractivity contribution < 1.29 is 4.42 Å². The van der Waals surface area contributed by atoms with E-state index in [0.29, 0.717) is 24.5 Å². The number of rotatable bonds is 6. The molecular weight excluding hydrogens is 412 g/mol. The lowest BCUT2D eigenvalue weighted by Gasteiger charge is -2.06. The highest BCUT2D eigenvalue weighted by atomic mass is 79.9. The summed E-state index contributed by atoms with van der Waals surface area (Å²) >= 11 is 11.4. The minimum absolute atomic E-state index is 0.200. The normalized spacial score (nSPS) is 12.2. The number of hydrogen-bond donors (Lipinski definition) is 2. The molecule has 0 fully saturated rings. The average Bonchev–Trinajstić information content (AvgIpc) is 3.15. The standard InChI is InChI=1S/C16H14BrClN4OS/c17-14-12(6-9(20)3-4-19)24-16-11(7-13(18)22-15(14)16)21-8-10-2-1-5-23-10/h1-2,5,7,9H,3,6,8,20H2,(H,21,22). The van der Waals surface area contributed by atoms with E-state index in [2.05, 4.69) is 32.3 Å². The van der Waals surface area contributed by atoms with Gasteiger partial charge in [-0.05, 0) is 34.5 Å². The number of furan rings is 1. The number of nitrogens with one attached hydrogen (secondary N) is 1. The first-order valence-corrected chi connectivity index (χ1v) is 9.23. The van der Waals surface area contributed by atoms with Crippen LogP contribution in [0.1, 0.15) is 17.1 Å². The molecule has 0 saturated heterocycles. The molecule has 3 rings (SSSR count). The second kappa shape index (κ2) is 7.53. The zero-order valence-electron chi connectivity index (χ0n) is 12.6. The minimum Gasteiger partial charge on any atom is -0.467 e. The van der Waals surface area contributed by atoms with Crippen molar-refractivity contribution in [2.24, 2.45) is 5.73 Å². The molecule has 0 saturated carbocycles.